The number of carbonyl (C=O) groups is 1. The van der Waals surface area contributed by atoms with Gasteiger partial charge in [-0.05, 0) is 56.0 Å². The zero-order chi connectivity index (χ0) is 23.9. The molecule has 1 aliphatic rings. The Morgan fingerprint density at radius 3 is 2.65 bits per heavy atom. The van der Waals surface area contributed by atoms with Crippen molar-refractivity contribution in [3.8, 4) is 0 Å². The van der Waals surface area contributed by atoms with E-state index in [-0.39, 0.29) is 23.5 Å². The van der Waals surface area contributed by atoms with E-state index in [2.05, 4.69) is 25.8 Å². The van der Waals surface area contributed by atoms with E-state index in [0.29, 0.717) is 33.7 Å². The van der Waals surface area contributed by atoms with Crippen LogP contribution in [0.5, 0.6) is 0 Å². The van der Waals surface area contributed by atoms with Crippen LogP contribution in [0.15, 0.2) is 48.5 Å². The van der Waals surface area contributed by atoms with Gasteiger partial charge in [-0.25, -0.2) is 4.98 Å². The third-order valence-electron chi connectivity index (χ3n) is 6.12. The van der Waals surface area contributed by atoms with Gasteiger partial charge in [-0.1, -0.05) is 29.8 Å². The van der Waals surface area contributed by atoms with Gasteiger partial charge in [0.25, 0.3) is 5.91 Å². The van der Waals surface area contributed by atoms with Crippen molar-refractivity contribution < 1.29 is 18.0 Å². The van der Waals surface area contributed by atoms with Crippen molar-refractivity contribution in [3.63, 3.8) is 0 Å². The minimum Gasteiger partial charge on any atom is -0.382 e. The van der Waals surface area contributed by atoms with Gasteiger partial charge in [0.2, 0.25) is 0 Å². The molecule has 0 aliphatic heterocycles. The number of benzene rings is 2. The van der Waals surface area contributed by atoms with E-state index >= 15 is 0 Å². The van der Waals surface area contributed by atoms with Crippen LogP contribution < -0.4 is 10.6 Å². The summed E-state index contributed by atoms with van der Waals surface area (Å²) in [4.78, 5) is 16.6. The molecule has 176 valence electrons. The number of H-pyrrole nitrogens is 1. The average Bonchev–Trinajstić information content (AvgIpc) is 3.23. The average molecular weight is 488 g/mol. The van der Waals surface area contributed by atoms with Gasteiger partial charge in [0.05, 0.1) is 11.0 Å². The lowest BCUT2D eigenvalue weighted by atomic mass is 9.90. The molecule has 2 heterocycles. The van der Waals surface area contributed by atoms with E-state index in [1.165, 1.54) is 12.1 Å². The Labute approximate surface area is 197 Å². The number of hydrogen-bond donors (Lipinski definition) is 3. The highest BCUT2D eigenvalue weighted by Gasteiger charge is 2.34. The third kappa shape index (κ3) is 4.52. The molecule has 6 nitrogen and oxygen atoms in total. The van der Waals surface area contributed by atoms with Gasteiger partial charge in [0.15, 0.2) is 0 Å². The smallest absolute Gasteiger partial charge is 0.382 e. The maximum absolute atomic E-state index is 13.4. The molecule has 2 aromatic carbocycles. The highest BCUT2D eigenvalue weighted by molar-refractivity contribution is 6.31. The monoisotopic (exact) mass is 487 g/mol. The minimum absolute atomic E-state index is 0.122. The first kappa shape index (κ1) is 22.5. The molecule has 34 heavy (non-hydrogen) atoms. The number of carbonyl (C=O) groups excluding carboxylic acids is 1. The van der Waals surface area contributed by atoms with Gasteiger partial charge in [0, 0.05) is 33.6 Å². The number of para-hydroxylation sites is 1. The molecule has 0 spiro atoms. The molecule has 10 heteroatoms. The summed E-state index contributed by atoms with van der Waals surface area (Å²) in [5, 5.41) is 14.9. The molecule has 1 saturated carbocycles. The standard InChI is InChI=1S/C24H21ClF3N5O/c25-13-8-9-18-17(10-13)20(12-21(31-18)24(26,27)28)29-14-4-3-5-15(11-14)30-23(34)22-16-6-1-2-7-19(16)32-33-22/h1-2,6-10,12,14-15H,3-5,11H2,(H,29,31)(H,30,34)(H,32,33)/t14-,15+/m0/s1. The van der Waals surface area contributed by atoms with Crippen LogP contribution in [0.25, 0.3) is 21.8 Å². The van der Waals surface area contributed by atoms with E-state index in [4.69, 9.17) is 11.6 Å². The molecular weight excluding hydrogens is 467 g/mol. The molecule has 1 amide bonds. The predicted molar refractivity (Wildman–Crippen MR) is 125 cm³/mol. The van der Waals surface area contributed by atoms with Gasteiger partial charge in [0.1, 0.15) is 11.4 Å². The summed E-state index contributed by atoms with van der Waals surface area (Å²) in [5.74, 6) is -0.250. The van der Waals surface area contributed by atoms with Crippen molar-refractivity contribution >= 4 is 45.0 Å². The number of nitrogens with one attached hydrogen (secondary N) is 3. The van der Waals surface area contributed by atoms with Crippen LogP contribution in [0.2, 0.25) is 5.02 Å². The maximum atomic E-state index is 13.4. The number of amides is 1. The summed E-state index contributed by atoms with van der Waals surface area (Å²) in [6.07, 6.45) is -1.62. The van der Waals surface area contributed by atoms with Crippen molar-refractivity contribution in [2.45, 2.75) is 43.9 Å². The first-order valence-electron chi connectivity index (χ1n) is 11.0. The molecule has 5 rings (SSSR count). The first-order valence-corrected chi connectivity index (χ1v) is 11.3. The van der Waals surface area contributed by atoms with Crippen LogP contribution in [-0.2, 0) is 6.18 Å². The molecule has 2 atom stereocenters. The minimum atomic E-state index is -4.57. The highest BCUT2D eigenvalue weighted by Crippen LogP contribution is 2.35. The number of halogens is 4. The van der Waals surface area contributed by atoms with Crippen LogP contribution in [0, 0.1) is 0 Å². The lowest BCUT2D eigenvalue weighted by Gasteiger charge is -2.31. The number of hydrogen-bond acceptors (Lipinski definition) is 4. The summed E-state index contributed by atoms with van der Waals surface area (Å²) in [5.41, 5.74) is 0.691. The second kappa shape index (κ2) is 8.79. The predicted octanol–water partition coefficient (Wildman–Crippen LogP) is 5.94. The van der Waals surface area contributed by atoms with Crippen LogP contribution in [0.3, 0.4) is 0 Å². The zero-order valence-electron chi connectivity index (χ0n) is 17.9. The van der Waals surface area contributed by atoms with E-state index < -0.39 is 11.9 Å². The van der Waals surface area contributed by atoms with Crippen molar-refractivity contribution in [2.24, 2.45) is 0 Å². The van der Waals surface area contributed by atoms with Gasteiger partial charge < -0.3 is 10.6 Å². The molecule has 0 unspecified atom stereocenters. The quantitative estimate of drug-likeness (QED) is 0.333. The van der Waals surface area contributed by atoms with E-state index in [1.54, 1.807) is 6.07 Å². The lowest BCUT2D eigenvalue weighted by molar-refractivity contribution is -0.140. The number of rotatable bonds is 4. The van der Waals surface area contributed by atoms with Crippen molar-refractivity contribution in [2.75, 3.05) is 5.32 Å². The summed E-state index contributed by atoms with van der Waals surface area (Å²) < 4.78 is 40.3. The second-order valence-electron chi connectivity index (χ2n) is 8.51. The molecule has 3 N–H and O–H groups in total. The van der Waals surface area contributed by atoms with E-state index in [9.17, 15) is 18.0 Å². The normalized spacial score (nSPS) is 18.8. The van der Waals surface area contributed by atoms with E-state index in [1.807, 2.05) is 24.3 Å². The SMILES string of the molecule is O=C(N[C@@H]1CCC[C@H](Nc2cc(C(F)(F)F)nc3ccc(Cl)cc23)C1)c1[nH]nc2ccccc12. The fourth-order valence-electron chi connectivity index (χ4n) is 4.52. The van der Waals surface area contributed by atoms with Crippen molar-refractivity contribution in [3.05, 3.63) is 64.9 Å². The topological polar surface area (TPSA) is 82.7 Å². The molecule has 4 aromatic rings. The van der Waals surface area contributed by atoms with Gasteiger partial charge in [-0.3, -0.25) is 9.89 Å². The fraction of sp³-hybridized carbons (Fsp3) is 0.292. The largest absolute Gasteiger partial charge is 0.433 e. The number of pyridine rings is 1. The summed E-state index contributed by atoms with van der Waals surface area (Å²) >= 11 is 6.10. The van der Waals surface area contributed by atoms with Crippen molar-refractivity contribution in [1.29, 1.82) is 0 Å². The Balaban J connectivity index is 1.35. The maximum Gasteiger partial charge on any atom is 0.433 e. The second-order valence-corrected chi connectivity index (χ2v) is 8.94. The Morgan fingerprint density at radius 2 is 1.82 bits per heavy atom. The highest BCUT2D eigenvalue weighted by atomic mass is 35.5. The van der Waals surface area contributed by atoms with Crippen LogP contribution in [0.4, 0.5) is 18.9 Å². The van der Waals surface area contributed by atoms with E-state index in [0.717, 1.165) is 30.7 Å². The number of nitrogens with zero attached hydrogens (tertiary/aromatic N) is 2. The molecule has 1 fully saturated rings. The summed E-state index contributed by atoms with van der Waals surface area (Å²) in [7, 11) is 0. The molecule has 0 bridgehead atoms. The summed E-state index contributed by atoms with van der Waals surface area (Å²) in [6.45, 7) is 0. The van der Waals surface area contributed by atoms with Crippen molar-refractivity contribution in [1.82, 2.24) is 20.5 Å². The molecule has 1 aliphatic carbocycles. The molecule has 0 radical (unpaired) electrons. The summed E-state index contributed by atoms with van der Waals surface area (Å²) in [6, 6.07) is 12.7. The number of alkyl halides is 3. The lowest BCUT2D eigenvalue weighted by Crippen LogP contribution is -2.42. The third-order valence-corrected chi connectivity index (χ3v) is 6.35. The van der Waals surface area contributed by atoms with Crippen LogP contribution in [-0.4, -0.2) is 33.2 Å². The molecular formula is C24H21ClF3N5O. The Kier molecular flexibility index (Phi) is 5.81. The first-order chi connectivity index (χ1) is 16.3. The number of fused-ring (bicyclic) bond motifs is 2. The van der Waals surface area contributed by atoms with Crippen LogP contribution >= 0.6 is 11.6 Å². The Hall–Kier alpha value is -3.33. The van der Waals surface area contributed by atoms with Gasteiger partial charge in [-0.15, -0.1) is 0 Å². The Bertz CT molecular complexity index is 1370. The van der Waals surface area contributed by atoms with Crippen LogP contribution in [0.1, 0.15) is 41.9 Å². The molecule has 0 saturated heterocycles. The zero-order valence-corrected chi connectivity index (χ0v) is 18.7. The van der Waals surface area contributed by atoms with Gasteiger partial charge in [-0.2, -0.15) is 18.3 Å². The number of aromatic nitrogens is 3. The molecule has 2 aromatic heterocycles. The number of anilines is 1. The fourth-order valence-corrected chi connectivity index (χ4v) is 4.70. The van der Waals surface area contributed by atoms with Gasteiger partial charge >= 0.3 is 6.18 Å². The Morgan fingerprint density at radius 1 is 1.03 bits per heavy atom. The number of aromatic amines is 1.